The minimum absolute atomic E-state index is 0.333. The quantitative estimate of drug-likeness (QED) is 0.815. The Kier molecular flexibility index (Phi) is 5.43. The fraction of sp³-hybridized carbons (Fsp3) is 0.286. The van der Waals surface area contributed by atoms with E-state index in [4.69, 9.17) is 4.74 Å². The van der Waals surface area contributed by atoms with Crippen LogP contribution < -0.4 is 10.1 Å². The van der Waals surface area contributed by atoms with Crippen LogP contribution in [0.3, 0.4) is 0 Å². The molecular weight excluding hydrogens is 325 g/mol. The molecule has 0 saturated heterocycles. The monoisotopic (exact) mass is 339 g/mol. The molecule has 0 spiro atoms. The molecule has 0 saturated carbocycles. The van der Waals surface area contributed by atoms with Crippen molar-refractivity contribution in [2.45, 2.75) is 19.9 Å². The maximum atomic E-state index is 13.1. The lowest BCUT2D eigenvalue weighted by Crippen LogP contribution is -2.14. The van der Waals surface area contributed by atoms with Crippen molar-refractivity contribution in [1.29, 1.82) is 0 Å². The van der Waals surface area contributed by atoms with Crippen LogP contribution in [0.4, 0.5) is 4.39 Å². The van der Waals surface area contributed by atoms with Crippen LogP contribution in [0.2, 0.25) is 0 Å². The van der Waals surface area contributed by atoms with Crippen LogP contribution in [0.25, 0.3) is 0 Å². The lowest BCUT2D eigenvalue weighted by atomic mass is 10.3. The van der Waals surface area contributed by atoms with E-state index in [1.54, 1.807) is 24.5 Å². The zero-order chi connectivity index (χ0) is 14.4. The second kappa shape index (κ2) is 7.31. The molecule has 1 aromatic heterocycles. The van der Waals surface area contributed by atoms with Gasteiger partial charge in [0.2, 0.25) is 5.88 Å². The predicted octanol–water partition coefficient (Wildman–Crippen LogP) is 3.67. The van der Waals surface area contributed by atoms with Crippen LogP contribution in [0, 0.1) is 5.82 Å². The van der Waals surface area contributed by atoms with Gasteiger partial charge in [0, 0.05) is 6.54 Å². The van der Waals surface area contributed by atoms with Crippen molar-refractivity contribution in [3.63, 3.8) is 0 Å². The van der Waals surface area contributed by atoms with E-state index in [0.29, 0.717) is 22.6 Å². The summed E-state index contributed by atoms with van der Waals surface area (Å²) >= 11 is 3.11. The molecule has 0 radical (unpaired) electrons. The van der Waals surface area contributed by atoms with Gasteiger partial charge in [-0.05, 0) is 47.1 Å². The minimum atomic E-state index is -0.333. The number of halogens is 2. The summed E-state index contributed by atoms with van der Waals surface area (Å²) in [5.41, 5.74) is 0.853. The number of nitrogens with one attached hydrogen (secondary N) is 1. The average Bonchev–Trinajstić information content (AvgIpc) is 2.45. The Hall–Kier alpha value is -1.53. The predicted molar refractivity (Wildman–Crippen MR) is 78.2 cm³/mol. The van der Waals surface area contributed by atoms with Crippen LogP contribution in [-0.4, -0.2) is 16.5 Å². The van der Waals surface area contributed by atoms with Crippen LogP contribution in [0.15, 0.2) is 35.1 Å². The molecule has 0 amide bonds. The number of nitrogens with zero attached hydrogens (tertiary/aromatic N) is 2. The van der Waals surface area contributed by atoms with E-state index in [1.807, 2.05) is 0 Å². The number of ether oxygens (including phenoxy) is 1. The Bertz CT molecular complexity index is 563. The molecule has 0 fully saturated rings. The van der Waals surface area contributed by atoms with Crippen LogP contribution in [-0.2, 0) is 6.54 Å². The molecule has 0 aliphatic carbocycles. The molecule has 0 aliphatic heterocycles. The second-order valence-electron chi connectivity index (χ2n) is 4.20. The van der Waals surface area contributed by atoms with Gasteiger partial charge >= 0.3 is 0 Å². The van der Waals surface area contributed by atoms with Crippen molar-refractivity contribution >= 4 is 15.9 Å². The molecule has 1 aromatic carbocycles. The Morgan fingerprint density at radius 1 is 1.30 bits per heavy atom. The molecule has 0 unspecified atom stereocenters. The first-order valence-electron chi connectivity index (χ1n) is 6.33. The third-order valence-electron chi connectivity index (χ3n) is 2.53. The van der Waals surface area contributed by atoms with E-state index in [0.717, 1.165) is 18.7 Å². The highest BCUT2D eigenvalue weighted by Gasteiger charge is 2.04. The Morgan fingerprint density at radius 3 is 2.80 bits per heavy atom. The van der Waals surface area contributed by atoms with Gasteiger partial charge in [0.1, 0.15) is 11.6 Å². The zero-order valence-corrected chi connectivity index (χ0v) is 12.7. The summed E-state index contributed by atoms with van der Waals surface area (Å²) in [5, 5.41) is 3.24. The lowest BCUT2D eigenvalue weighted by Gasteiger charge is -2.06. The third-order valence-corrected chi connectivity index (χ3v) is 3.14. The van der Waals surface area contributed by atoms with Crippen molar-refractivity contribution in [3.8, 4) is 11.6 Å². The van der Waals surface area contributed by atoms with E-state index in [9.17, 15) is 4.39 Å². The summed E-state index contributed by atoms with van der Waals surface area (Å²) in [4.78, 5) is 8.42. The molecule has 6 heteroatoms. The molecule has 106 valence electrons. The first kappa shape index (κ1) is 14.9. The number of aromatic nitrogens is 2. The van der Waals surface area contributed by atoms with Gasteiger partial charge < -0.3 is 10.1 Å². The third kappa shape index (κ3) is 4.25. The maximum absolute atomic E-state index is 13.1. The summed E-state index contributed by atoms with van der Waals surface area (Å²) in [6.07, 6.45) is 4.30. The van der Waals surface area contributed by atoms with Gasteiger partial charge in [-0.1, -0.05) is 6.92 Å². The summed E-state index contributed by atoms with van der Waals surface area (Å²) in [6.45, 7) is 3.74. The van der Waals surface area contributed by atoms with Crippen molar-refractivity contribution in [3.05, 3.63) is 46.6 Å². The van der Waals surface area contributed by atoms with E-state index < -0.39 is 0 Å². The number of rotatable bonds is 6. The fourth-order valence-corrected chi connectivity index (χ4v) is 1.90. The van der Waals surface area contributed by atoms with Gasteiger partial charge in [0.25, 0.3) is 0 Å². The normalized spacial score (nSPS) is 10.6. The average molecular weight is 340 g/mol. The second-order valence-corrected chi connectivity index (χ2v) is 5.06. The fourth-order valence-electron chi connectivity index (χ4n) is 1.54. The molecule has 0 bridgehead atoms. The summed E-state index contributed by atoms with van der Waals surface area (Å²) in [5.74, 6) is 0.549. The minimum Gasteiger partial charge on any atom is -0.437 e. The first-order chi connectivity index (χ1) is 9.69. The van der Waals surface area contributed by atoms with Gasteiger partial charge in [0.05, 0.1) is 22.6 Å². The van der Waals surface area contributed by atoms with E-state index in [2.05, 4.69) is 38.1 Å². The Balaban J connectivity index is 1.97. The van der Waals surface area contributed by atoms with Crippen LogP contribution in [0.5, 0.6) is 11.6 Å². The highest BCUT2D eigenvalue weighted by atomic mass is 79.9. The topological polar surface area (TPSA) is 47.0 Å². The van der Waals surface area contributed by atoms with Gasteiger partial charge in [-0.15, -0.1) is 0 Å². The zero-order valence-electron chi connectivity index (χ0n) is 11.1. The van der Waals surface area contributed by atoms with E-state index in [1.165, 1.54) is 6.07 Å². The molecule has 1 N–H and O–H groups in total. The van der Waals surface area contributed by atoms with Gasteiger partial charge in [0.15, 0.2) is 0 Å². The number of hydrogen-bond donors (Lipinski definition) is 1. The van der Waals surface area contributed by atoms with E-state index >= 15 is 0 Å². The molecule has 0 atom stereocenters. The van der Waals surface area contributed by atoms with Crippen LogP contribution in [0.1, 0.15) is 19.0 Å². The molecular formula is C14H15BrFN3O. The van der Waals surface area contributed by atoms with Crippen molar-refractivity contribution < 1.29 is 9.13 Å². The molecule has 0 aliphatic rings. The van der Waals surface area contributed by atoms with E-state index in [-0.39, 0.29) is 5.82 Å². The standard InChI is InChI=1S/C14H15BrFN3O/c1-2-5-17-7-10-8-19-14(9-18-10)20-11-3-4-13(16)12(15)6-11/h3-4,6,8-9,17H,2,5,7H2,1H3. The molecule has 2 aromatic rings. The Labute approximate surface area is 125 Å². The Morgan fingerprint density at radius 2 is 2.15 bits per heavy atom. The maximum Gasteiger partial charge on any atom is 0.237 e. The highest BCUT2D eigenvalue weighted by Crippen LogP contribution is 2.24. The summed E-state index contributed by atoms with van der Waals surface area (Å²) in [7, 11) is 0. The molecule has 4 nitrogen and oxygen atoms in total. The smallest absolute Gasteiger partial charge is 0.237 e. The number of hydrogen-bond acceptors (Lipinski definition) is 4. The largest absolute Gasteiger partial charge is 0.437 e. The molecule has 20 heavy (non-hydrogen) atoms. The summed E-state index contributed by atoms with van der Waals surface area (Å²) in [6, 6.07) is 4.42. The molecule has 1 heterocycles. The van der Waals surface area contributed by atoms with Crippen LogP contribution >= 0.6 is 15.9 Å². The highest BCUT2D eigenvalue weighted by molar-refractivity contribution is 9.10. The van der Waals surface area contributed by atoms with Crippen molar-refractivity contribution in [1.82, 2.24) is 15.3 Å². The number of benzene rings is 1. The summed E-state index contributed by atoms with van der Waals surface area (Å²) < 4.78 is 19.0. The SMILES string of the molecule is CCCNCc1cnc(Oc2ccc(F)c(Br)c2)cn1. The van der Waals surface area contributed by atoms with Crippen molar-refractivity contribution in [2.24, 2.45) is 0 Å². The van der Waals surface area contributed by atoms with Crippen molar-refractivity contribution in [2.75, 3.05) is 6.54 Å². The molecule has 2 rings (SSSR count). The first-order valence-corrected chi connectivity index (χ1v) is 7.13. The lowest BCUT2D eigenvalue weighted by molar-refractivity contribution is 0.456. The van der Waals surface area contributed by atoms with Gasteiger partial charge in [-0.25, -0.2) is 9.37 Å². The van der Waals surface area contributed by atoms with Gasteiger partial charge in [-0.3, -0.25) is 4.98 Å². The van der Waals surface area contributed by atoms with Gasteiger partial charge in [-0.2, -0.15) is 0 Å².